The number of rotatable bonds is 8. The number of hydrogen-bond acceptors (Lipinski definition) is 6. The molecule has 7 nitrogen and oxygen atoms in total. The van der Waals surface area contributed by atoms with E-state index in [0.717, 1.165) is 22.2 Å². The molecular formula is C14H20BrN5O2. The number of nitrogens with one attached hydrogen (secondary N) is 1. The number of ether oxygens (including phenoxy) is 2. The quantitative estimate of drug-likeness (QED) is 0.770. The normalized spacial score (nSPS) is 10.5. The standard InChI is InChI=1S/C14H20BrN5O2/c1-4-6-22-13-8-11(15)10(7-12(13)21-3)9-16-14-17-18-19-20(14)5-2/h7-8H,4-6,9H2,1-3H3,(H,16,17,19). The van der Waals surface area contributed by atoms with E-state index >= 15 is 0 Å². The molecule has 0 saturated carbocycles. The predicted molar refractivity (Wildman–Crippen MR) is 87.3 cm³/mol. The van der Waals surface area contributed by atoms with E-state index in [0.29, 0.717) is 31.4 Å². The van der Waals surface area contributed by atoms with Gasteiger partial charge in [0, 0.05) is 17.6 Å². The fraction of sp³-hybridized carbons (Fsp3) is 0.500. The molecule has 1 aromatic carbocycles. The molecule has 1 heterocycles. The van der Waals surface area contributed by atoms with Crippen molar-refractivity contribution in [2.24, 2.45) is 0 Å². The molecule has 1 aromatic heterocycles. The molecule has 0 aliphatic rings. The second-order valence-electron chi connectivity index (χ2n) is 4.61. The maximum atomic E-state index is 5.69. The molecule has 1 N–H and O–H groups in total. The molecule has 0 aliphatic heterocycles. The lowest BCUT2D eigenvalue weighted by Crippen LogP contribution is -2.08. The zero-order valence-corrected chi connectivity index (χ0v) is 14.6. The van der Waals surface area contributed by atoms with Gasteiger partial charge >= 0.3 is 0 Å². The molecular weight excluding hydrogens is 350 g/mol. The molecule has 2 aromatic rings. The van der Waals surface area contributed by atoms with E-state index in [-0.39, 0.29) is 0 Å². The van der Waals surface area contributed by atoms with Gasteiger partial charge in [0.05, 0.1) is 13.7 Å². The Morgan fingerprint density at radius 2 is 2.09 bits per heavy atom. The number of hydrogen-bond donors (Lipinski definition) is 1. The minimum absolute atomic E-state index is 0.575. The molecule has 8 heteroatoms. The SMILES string of the molecule is CCCOc1cc(Br)c(CNc2nnnn2CC)cc1OC. The number of nitrogens with zero attached hydrogens (tertiary/aromatic N) is 4. The third-order valence-corrected chi connectivity index (χ3v) is 3.80. The Kier molecular flexibility index (Phi) is 6.00. The summed E-state index contributed by atoms with van der Waals surface area (Å²) in [5.41, 5.74) is 1.03. The van der Waals surface area contributed by atoms with E-state index in [1.807, 2.05) is 19.1 Å². The lowest BCUT2D eigenvalue weighted by atomic mass is 10.2. The molecule has 0 spiro atoms. The molecule has 0 atom stereocenters. The van der Waals surface area contributed by atoms with Gasteiger partial charge in [-0.3, -0.25) is 0 Å². The van der Waals surface area contributed by atoms with Crippen LogP contribution in [-0.2, 0) is 13.1 Å². The Balaban J connectivity index is 2.13. The first-order valence-corrected chi connectivity index (χ1v) is 7.98. The topological polar surface area (TPSA) is 74.1 Å². The molecule has 120 valence electrons. The summed E-state index contributed by atoms with van der Waals surface area (Å²) < 4.78 is 13.7. The first-order chi connectivity index (χ1) is 10.7. The number of aromatic nitrogens is 4. The molecule has 0 unspecified atom stereocenters. The summed E-state index contributed by atoms with van der Waals surface area (Å²) >= 11 is 3.57. The van der Waals surface area contributed by atoms with Gasteiger partial charge in [0.25, 0.3) is 0 Å². The van der Waals surface area contributed by atoms with Gasteiger partial charge in [0.15, 0.2) is 11.5 Å². The highest BCUT2D eigenvalue weighted by Crippen LogP contribution is 2.34. The van der Waals surface area contributed by atoms with E-state index in [9.17, 15) is 0 Å². The van der Waals surface area contributed by atoms with Crippen LogP contribution in [0.4, 0.5) is 5.95 Å². The summed E-state index contributed by atoms with van der Waals surface area (Å²) in [7, 11) is 1.64. The van der Waals surface area contributed by atoms with Crippen LogP contribution in [0.2, 0.25) is 0 Å². The Bertz CT molecular complexity index is 617. The van der Waals surface area contributed by atoms with Gasteiger partial charge in [-0.25, -0.2) is 4.68 Å². The highest BCUT2D eigenvalue weighted by Gasteiger charge is 2.11. The number of halogens is 1. The van der Waals surface area contributed by atoms with Crippen molar-refractivity contribution in [3.8, 4) is 11.5 Å². The van der Waals surface area contributed by atoms with Crippen LogP contribution in [0.1, 0.15) is 25.8 Å². The Hall–Kier alpha value is -1.83. The Morgan fingerprint density at radius 3 is 2.77 bits per heavy atom. The van der Waals surface area contributed by atoms with Crippen molar-refractivity contribution in [1.82, 2.24) is 20.2 Å². The molecule has 0 aliphatic carbocycles. The number of aryl methyl sites for hydroxylation is 1. The van der Waals surface area contributed by atoms with Crippen LogP contribution in [0.25, 0.3) is 0 Å². The minimum atomic E-state index is 0.575. The summed E-state index contributed by atoms with van der Waals surface area (Å²) in [6.07, 6.45) is 0.948. The average molecular weight is 370 g/mol. The first kappa shape index (κ1) is 16.5. The fourth-order valence-electron chi connectivity index (χ4n) is 1.92. The van der Waals surface area contributed by atoms with Crippen LogP contribution in [0.5, 0.6) is 11.5 Å². The van der Waals surface area contributed by atoms with Crippen LogP contribution >= 0.6 is 15.9 Å². The second kappa shape index (κ2) is 7.98. The van der Waals surface area contributed by atoms with Crippen molar-refractivity contribution in [3.63, 3.8) is 0 Å². The number of anilines is 1. The van der Waals surface area contributed by atoms with Gasteiger partial charge in [-0.1, -0.05) is 28.0 Å². The van der Waals surface area contributed by atoms with Crippen LogP contribution < -0.4 is 14.8 Å². The number of methoxy groups -OCH3 is 1. The highest BCUT2D eigenvalue weighted by atomic mass is 79.9. The third-order valence-electron chi connectivity index (χ3n) is 3.06. The Morgan fingerprint density at radius 1 is 1.27 bits per heavy atom. The number of tetrazole rings is 1. The smallest absolute Gasteiger partial charge is 0.243 e. The summed E-state index contributed by atoms with van der Waals surface area (Å²) in [5.74, 6) is 2.08. The van der Waals surface area contributed by atoms with Crippen molar-refractivity contribution in [3.05, 3.63) is 22.2 Å². The summed E-state index contributed by atoms with van der Waals surface area (Å²) in [6.45, 7) is 6.00. The molecule has 2 rings (SSSR count). The molecule has 0 amide bonds. The minimum Gasteiger partial charge on any atom is -0.493 e. The van der Waals surface area contributed by atoms with Crippen LogP contribution in [0, 0.1) is 0 Å². The third kappa shape index (κ3) is 3.88. The van der Waals surface area contributed by atoms with E-state index in [1.54, 1.807) is 11.8 Å². The summed E-state index contributed by atoms with van der Waals surface area (Å²) in [6, 6.07) is 3.87. The molecule has 0 radical (unpaired) electrons. The summed E-state index contributed by atoms with van der Waals surface area (Å²) in [4.78, 5) is 0. The van der Waals surface area contributed by atoms with E-state index in [1.165, 1.54) is 0 Å². The van der Waals surface area contributed by atoms with Crippen molar-refractivity contribution >= 4 is 21.9 Å². The summed E-state index contributed by atoms with van der Waals surface area (Å²) in [5, 5.41) is 14.7. The first-order valence-electron chi connectivity index (χ1n) is 7.18. The predicted octanol–water partition coefficient (Wildman–Crippen LogP) is 2.87. The van der Waals surface area contributed by atoms with Gasteiger partial charge in [-0.05, 0) is 41.5 Å². The van der Waals surface area contributed by atoms with Gasteiger partial charge in [0.2, 0.25) is 5.95 Å². The maximum Gasteiger partial charge on any atom is 0.243 e. The van der Waals surface area contributed by atoms with Gasteiger partial charge in [-0.2, -0.15) is 0 Å². The van der Waals surface area contributed by atoms with E-state index in [2.05, 4.69) is 43.7 Å². The van der Waals surface area contributed by atoms with E-state index in [4.69, 9.17) is 9.47 Å². The monoisotopic (exact) mass is 369 g/mol. The zero-order valence-electron chi connectivity index (χ0n) is 13.0. The zero-order chi connectivity index (χ0) is 15.9. The molecule has 0 bridgehead atoms. The fourth-order valence-corrected chi connectivity index (χ4v) is 2.38. The second-order valence-corrected chi connectivity index (χ2v) is 5.47. The van der Waals surface area contributed by atoms with Gasteiger partial charge < -0.3 is 14.8 Å². The molecule has 0 fully saturated rings. The molecule has 22 heavy (non-hydrogen) atoms. The van der Waals surface area contributed by atoms with E-state index < -0.39 is 0 Å². The maximum absolute atomic E-state index is 5.69. The Labute approximate surface area is 138 Å². The lowest BCUT2D eigenvalue weighted by molar-refractivity contribution is 0.294. The largest absolute Gasteiger partial charge is 0.493 e. The van der Waals surface area contributed by atoms with Crippen molar-refractivity contribution in [2.45, 2.75) is 33.4 Å². The lowest BCUT2D eigenvalue weighted by Gasteiger charge is -2.14. The molecule has 0 saturated heterocycles. The van der Waals surface area contributed by atoms with Gasteiger partial charge in [-0.15, -0.1) is 0 Å². The van der Waals surface area contributed by atoms with Gasteiger partial charge in [0.1, 0.15) is 0 Å². The van der Waals surface area contributed by atoms with Crippen molar-refractivity contribution in [1.29, 1.82) is 0 Å². The number of benzene rings is 1. The van der Waals surface area contributed by atoms with Crippen LogP contribution in [0.15, 0.2) is 16.6 Å². The van der Waals surface area contributed by atoms with Crippen molar-refractivity contribution in [2.75, 3.05) is 19.0 Å². The van der Waals surface area contributed by atoms with Crippen LogP contribution in [-0.4, -0.2) is 33.9 Å². The average Bonchev–Trinajstić information content (AvgIpc) is 2.99. The highest BCUT2D eigenvalue weighted by molar-refractivity contribution is 9.10. The van der Waals surface area contributed by atoms with Crippen molar-refractivity contribution < 1.29 is 9.47 Å². The van der Waals surface area contributed by atoms with Crippen LogP contribution in [0.3, 0.4) is 0 Å².